The van der Waals surface area contributed by atoms with Gasteiger partial charge in [-0.1, -0.05) is 35.9 Å². The molecule has 2 aromatic carbocycles. The SMILES string of the molecule is Cc1ccc(CCN2C[C@@H](C(=O)NCc3ccc4c(c3)OCO4)CC2=O)cc1. The Morgan fingerprint density at radius 3 is 2.68 bits per heavy atom. The molecule has 146 valence electrons. The van der Waals surface area contributed by atoms with Crippen LogP contribution in [-0.4, -0.2) is 36.6 Å². The Bertz CT molecular complexity index is 879. The van der Waals surface area contributed by atoms with Gasteiger partial charge in [0.25, 0.3) is 0 Å². The Labute approximate surface area is 164 Å². The highest BCUT2D eigenvalue weighted by molar-refractivity contribution is 5.89. The van der Waals surface area contributed by atoms with E-state index in [4.69, 9.17) is 9.47 Å². The third-order valence-corrected chi connectivity index (χ3v) is 5.28. The van der Waals surface area contributed by atoms with Crippen molar-refractivity contribution in [3.05, 3.63) is 59.2 Å². The lowest BCUT2D eigenvalue weighted by Crippen LogP contribution is -2.33. The Hall–Kier alpha value is -3.02. The molecular weight excluding hydrogens is 356 g/mol. The second-order valence-electron chi connectivity index (χ2n) is 7.38. The lowest BCUT2D eigenvalue weighted by atomic mass is 10.1. The maximum absolute atomic E-state index is 12.5. The van der Waals surface area contributed by atoms with Crippen LogP contribution in [-0.2, 0) is 22.6 Å². The summed E-state index contributed by atoms with van der Waals surface area (Å²) in [6, 6.07) is 13.9. The minimum Gasteiger partial charge on any atom is -0.454 e. The molecule has 2 aromatic rings. The van der Waals surface area contributed by atoms with Crippen molar-refractivity contribution in [2.45, 2.75) is 26.3 Å². The van der Waals surface area contributed by atoms with E-state index in [0.717, 1.165) is 17.7 Å². The smallest absolute Gasteiger partial charge is 0.231 e. The number of likely N-dealkylation sites (tertiary alicyclic amines) is 1. The number of fused-ring (bicyclic) bond motifs is 1. The van der Waals surface area contributed by atoms with Crippen LogP contribution in [0.5, 0.6) is 11.5 Å². The number of benzene rings is 2. The maximum Gasteiger partial charge on any atom is 0.231 e. The maximum atomic E-state index is 12.5. The number of amides is 2. The lowest BCUT2D eigenvalue weighted by molar-refractivity contribution is -0.129. The van der Waals surface area contributed by atoms with Gasteiger partial charge in [0.05, 0.1) is 5.92 Å². The Kier molecular flexibility index (Phi) is 5.19. The van der Waals surface area contributed by atoms with Crippen molar-refractivity contribution in [3.63, 3.8) is 0 Å². The van der Waals surface area contributed by atoms with Gasteiger partial charge in [-0.25, -0.2) is 0 Å². The van der Waals surface area contributed by atoms with Crippen molar-refractivity contribution in [1.29, 1.82) is 0 Å². The summed E-state index contributed by atoms with van der Waals surface area (Å²) in [6.45, 7) is 3.82. The minimum absolute atomic E-state index is 0.0512. The van der Waals surface area contributed by atoms with E-state index in [-0.39, 0.29) is 30.9 Å². The molecule has 1 N–H and O–H groups in total. The standard InChI is InChI=1S/C22H24N2O4/c1-15-2-4-16(5-3-15)8-9-24-13-18(11-21(24)25)22(26)23-12-17-6-7-19-20(10-17)28-14-27-19/h2-7,10,18H,8-9,11-14H2,1H3,(H,23,26)/t18-/m0/s1. The molecule has 6 heteroatoms. The van der Waals surface area contributed by atoms with E-state index < -0.39 is 0 Å². The van der Waals surface area contributed by atoms with Crippen molar-refractivity contribution in [3.8, 4) is 11.5 Å². The molecule has 0 spiro atoms. The molecule has 28 heavy (non-hydrogen) atoms. The molecule has 1 atom stereocenters. The molecule has 2 aliphatic rings. The third-order valence-electron chi connectivity index (χ3n) is 5.28. The zero-order chi connectivity index (χ0) is 19.5. The molecule has 4 rings (SSSR count). The number of nitrogens with zero attached hydrogens (tertiary/aromatic N) is 1. The van der Waals surface area contributed by atoms with Crippen LogP contribution in [0.1, 0.15) is 23.1 Å². The van der Waals surface area contributed by atoms with Gasteiger partial charge in [0.1, 0.15) is 0 Å². The topological polar surface area (TPSA) is 67.9 Å². The quantitative estimate of drug-likeness (QED) is 0.836. The summed E-state index contributed by atoms with van der Waals surface area (Å²) in [5.74, 6) is 1.10. The van der Waals surface area contributed by atoms with Gasteiger partial charge in [-0.2, -0.15) is 0 Å². The monoisotopic (exact) mass is 380 g/mol. The first kappa shape index (κ1) is 18.3. The van der Waals surface area contributed by atoms with Gasteiger partial charge >= 0.3 is 0 Å². The van der Waals surface area contributed by atoms with E-state index in [1.165, 1.54) is 11.1 Å². The van der Waals surface area contributed by atoms with Crippen LogP contribution >= 0.6 is 0 Å². The predicted molar refractivity (Wildman–Crippen MR) is 104 cm³/mol. The fourth-order valence-corrected chi connectivity index (χ4v) is 3.57. The number of carbonyl (C=O) groups is 2. The van der Waals surface area contributed by atoms with Crippen LogP contribution in [0.15, 0.2) is 42.5 Å². The number of carbonyl (C=O) groups excluding carboxylic acids is 2. The van der Waals surface area contributed by atoms with Crippen molar-refractivity contribution in [2.75, 3.05) is 19.9 Å². The molecule has 2 amide bonds. The van der Waals surface area contributed by atoms with E-state index in [0.29, 0.717) is 25.4 Å². The fourth-order valence-electron chi connectivity index (χ4n) is 3.57. The average Bonchev–Trinajstić information content (AvgIpc) is 3.31. The van der Waals surface area contributed by atoms with Crippen LogP contribution in [0.4, 0.5) is 0 Å². The number of ether oxygens (including phenoxy) is 2. The molecule has 2 heterocycles. The highest BCUT2D eigenvalue weighted by Gasteiger charge is 2.33. The Morgan fingerprint density at radius 1 is 1.11 bits per heavy atom. The van der Waals surface area contributed by atoms with Gasteiger partial charge in [0, 0.05) is 26.1 Å². The minimum atomic E-state index is -0.292. The predicted octanol–water partition coefficient (Wildman–Crippen LogP) is 2.43. The van der Waals surface area contributed by atoms with Crippen molar-refractivity contribution in [1.82, 2.24) is 10.2 Å². The molecule has 0 radical (unpaired) electrons. The molecule has 1 saturated heterocycles. The highest BCUT2D eigenvalue weighted by atomic mass is 16.7. The van der Waals surface area contributed by atoms with Crippen LogP contribution in [0.25, 0.3) is 0 Å². The first-order chi connectivity index (χ1) is 13.6. The molecule has 0 aromatic heterocycles. The van der Waals surface area contributed by atoms with Gasteiger partial charge in [-0.05, 0) is 36.6 Å². The van der Waals surface area contributed by atoms with Crippen molar-refractivity contribution in [2.24, 2.45) is 5.92 Å². The summed E-state index contributed by atoms with van der Waals surface area (Å²) >= 11 is 0. The molecule has 0 unspecified atom stereocenters. The summed E-state index contributed by atoms with van der Waals surface area (Å²) < 4.78 is 10.6. The summed E-state index contributed by atoms with van der Waals surface area (Å²) in [5.41, 5.74) is 3.37. The molecule has 0 aliphatic carbocycles. The second-order valence-corrected chi connectivity index (χ2v) is 7.38. The summed E-state index contributed by atoms with van der Waals surface area (Å²) in [7, 11) is 0. The van der Waals surface area contributed by atoms with E-state index in [1.807, 2.05) is 18.2 Å². The van der Waals surface area contributed by atoms with E-state index >= 15 is 0 Å². The molecule has 6 nitrogen and oxygen atoms in total. The van der Waals surface area contributed by atoms with Crippen LogP contribution in [0, 0.1) is 12.8 Å². The molecule has 1 fully saturated rings. The summed E-state index contributed by atoms with van der Waals surface area (Å²) in [5, 5.41) is 2.94. The van der Waals surface area contributed by atoms with E-state index in [9.17, 15) is 9.59 Å². The Balaban J connectivity index is 1.27. The first-order valence-electron chi connectivity index (χ1n) is 9.58. The fraction of sp³-hybridized carbons (Fsp3) is 0.364. The van der Waals surface area contributed by atoms with Crippen LogP contribution in [0.3, 0.4) is 0 Å². The van der Waals surface area contributed by atoms with Crippen molar-refractivity contribution >= 4 is 11.8 Å². The normalized spacial score (nSPS) is 17.8. The van der Waals surface area contributed by atoms with Gasteiger partial charge < -0.3 is 19.7 Å². The zero-order valence-electron chi connectivity index (χ0n) is 15.9. The summed E-state index contributed by atoms with van der Waals surface area (Å²) in [6.07, 6.45) is 1.08. The van der Waals surface area contributed by atoms with Crippen molar-refractivity contribution < 1.29 is 19.1 Å². The first-order valence-corrected chi connectivity index (χ1v) is 9.58. The lowest BCUT2D eigenvalue weighted by Gasteiger charge is -2.16. The van der Waals surface area contributed by atoms with E-state index in [1.54, 1.807) is 4.90 Å². The highest BCUT2D eigenvalue weighted by Crippen LogP contribution is 2.32. The number of hydrogen-bond donors (Lipinski definition) is 1. The summed E-state index contributed by atoms with van der Waals surface area (Å²) in [4.78, 5) is 26.6. The molecular formula is C22H24N2O4. The van der Waals surface area contributed by atoms with Gasteiger partial charge in [-0.3, -0.25) is 9.59 Å². The number of hydrogen-bond acceptors (Lipinski definition) is 4. The largest absolute Gasteiger partial charge is 0.454 e. The van der Waals surface area contributed by atoms with Crippen LogP contribution < -0.4 is 14.8 Å². The molecule has 0 bridgehead atoms. The van der Waals surface area contributed by atoms with Gasteiger partial charge in [0.2, 0.25) is 18.6 Å². The zero-order valence-corrected chi connectivity index (χ0v) is 15.9. The number of aryl methyl sites for hydroxylation is 1. The average molecular weight is 380 g/mol. The van der Waals surface area contributed by atoms with E-state index in [2.05, 4.69) is 36.5 Å². The molecule has 2 aliphatic heterocycles. The molecule has 0 saturated carbocycles. The van der Waals surface area contributed by atoms with Gasteiger partial charge in [0.15, 0.2) is 11.5 Å². The Morgan fingerprint density at radius 2 is 1.86 bits per heavy atom. The van der Waals surface area contributed by atoms with Gasteiger partial charge in [-0.15, -0.1) is 0 Å². The number of nitrogens with one attached hydrogen (secondary N) is 1. The third kappa shape index (κ3) is 4.11. The second kappa shape index (κ2) is 7.92. The van der Waals surface area contributed by atoms with Crippen LogP contribution in [0.2, 0.25) is 0 Å². The number of rotatable bonds is 6.